The number of aliphatic hydroxyl groups is 3. The second kappa shape index (κ2) is 6.35. The van der Waals surface area contributed by atoms with Gasteiger partial charge in [-0.1, -0.05) is 0 Å². The third kappa shape index (κ3) is 2.57. The molecule has 0 amide bonds. The van der Waals surface area contributed by atoms with Crippen molar-refractivity contribution in [3.8, 4) is 0 Å². The number of hydrogen-bond donors (Lipinski definition) is 3. The molecule has 0 aliphatic carbocycles. The molecule has 3 N–H and O–H groups in total. The predicted octanol–water partition coefficient (Wildman–Crippen LogP) is -2.16. The molecule has 12 heteroatoms. The number of aliphatic hydroxyl groups excluding tert-OH is 3. The Hall–Kier alpha value is -2.93. The number of carbonyl (C=O) groups excluding carboxylic acids is 1. The summed E-state index contributed by atoms with van der Waals surface area (Å²) >= 11 is 0. The minimum Gasteiger partial charge on any atom is -0.464 e. The third-order valence-corrected chi connectivity index (χ3v) is 4.42. The Kier molecular flexibility index (Phi) is 4.11. The smallest absolute Gasteiger partial charge is 0.355 e. The maximum atomic E-state index is 11.9. The molecule has 0 saturated carbocycles. The number of carbonyl (C=O) groups is 1. The van der Waals surface area contributed by atoms with E-state index in [1.807, 2.05) is 0 Å². The van der Waals surface area contributed by atoms with Crippen molar-refractivity contribution in [2.45, 2.75) is 24.5 Å². The molecule has 1 fully saturated rings. The van der Waals surface area contributed by atoms with Crippen LogP contribution in [0.3, 0.4) is 0 Å². The summed E-state index contributed by atoms with van der Waals surface area (Å²) in [6, 6.07) is 1.02. The molecule has 27 heavy (non-hydrogen) atoms. The van der Waals surface area contributed by atoms with Gasteiger partial charge in [-0.05, 0) is 0 Å². The van der Waals surface area contributed by atoms with Gasteiger partial charge in [0, 0.05) is 6.07 Å². The number of rotatable bonds is 3. The molecule has 12 nitrogen and oxygen atoms in total. The fourth-order valence-corrected chi connectivity index (χ4v) is 3.09. The zero-order chi connectivity index (χ0) is 19.3. The Labute approximate surface area is 150 Å². The molecule has 1 aliphatic rings. The van der Waals surface area contributed by atoms with Crippen molar-refractivity contribution in [2.24, 2.45) is 0 Å². The van der Waals surface area contributed by atoms with Gasteiger partial charge in [0.1, 0.15) is 30.3 Å². The van der Waals surface area contributed by atoms with Crippen LogP contribution in [0.25, 0.3) is 16.8 Å². The van der Waals surface area contributed by atoms with E-state index in [4.69, 9.17) is 4.74 Å². The number of fused-ring (bicyclic) bond motifs is 3. The van der Waals surface area contributed by atoms with Crippen LogP contribution in [0.2, 0.25) is 0 Å². The van der Waals surface area contributed by atoms with Gasteiger partial charge in [-0.2, -0.15) is 4.98 Å². The topological polar surface area (TPSA) is 161 Å². The van der Waals surface area contributed by atoms with Crippen LogP contribution in [0.5, 0.6) is 0 Å². The van der Waals surface area contributed by atoms with E-state index in [2.05, 4.69) is 19.7 Å². The molecule has 1 saturated heterocycles. The Balaban J connectivity index is 1.90. The summed E-state index contributed by atoms with van der Waals surface area (Å²) in [7, 11) is 1.18. The molecule has 4 rings (SSSR count). The van der Waals surface area contributed by atoms with Crippen LogP contribution in [-0.4, -0.2) is 77.2 Å². The summed E-state index contributed by atoms with van der Waals surface area (Å²) in [5.41, 5.74) is -0.273. The summed E-state index contributed by atoms with van der Waals surface area (Å²) in [6.45, 7) is -0.475. The van der Waals surface area contributed by atoms with Gasteiger partial charge in [0.05, 0.1) is 20.0 Å². The van der Waals surface area contributed by atoms with Gasteiger partial charge in [0.2, 0.25) is 0 Å². The average molecular weight is 377 g/mol. The molecule has 4 heterocycles. The fraction of sp³-hybridized carbons (Fsp3) is 0.400. The first-order valence-corrected chi connectivity index (χ1v) is 7.92. The highest BCUT2D eigenvalue weighted by Crippen LogP contribution is 2.31. The molecule has 3 aromatic rings. The van der Waals surface area contributed by atoms with E-state index >= 15 is 0 Å². The quantitative estimate of drug-likeness (QED) is 0.429. The van der Waals surface area contributed by atoms with E-state index in [-0.39, 0.29) is 22.5 Å². The van der Waals surface area contributed by atoms with Crippen LogP contribution < -0.4 is 5.56 Å². The largest absolute Gasteiger partial charge is 0.464 e. The van der Waals surface area contributed by atoms with Crippen LogP contribution in [-0.2, 0) is 9.47 Å². The first kappa shape index (κ1) is 17.5. The van der Waals surface area contributed by atoms with Crippen LogP contribution in [0.1, 0.15) is 16.7 Å². The summed E-state index contributed by atoms with van der Waals surface area (Å²) < 4.78 is 12.8. The van der Waals surface area contributed by atoms with E-state index in [0.29, 0.717) is 0 Å². The van der Waals surface area contributed by atoms with Crippen molar-refractivity contribution in [1.29, 1.82) is 0 Å². The van der Waals surface area contributed by atoms with Crippen molar-refractivity contribution in [2.75, 3.05) is 13.7 Å². The molecule has 0 unspecified atom stereocenters. The number of nitrogens with zero attached hydrogens (tertiary/aromatic N) is 5. The average Bonchev–Trinajstić information content (AvgIpc) is 3.22. The lowest BCUT2D eigenvalue weighted by Crippen LogP contribution is -2.33. The molecule has 1 aliphatic heterocycles. The van der Waals surface area contributed by atoms with Gasteiger partial charge in [0.25, 0.3) is 5.56 Å². The van der Waals surface area contributed by atoms with Gasteiger partial charge in [-0.25, -0.2) is 14.8 Å². The maximum absolute atomic E-state index is 11.9. The van der Waals surface area contributed by atoms with Crippen molar-refractivity contribution in [3.05, 3.63) is 34.8 Å². The van der Waals surface area contributed by atoms with Crippen LogP contribution in [0, 0.1) is 0 Å². The molecular weight excluding hydrogens is 362 g/mol. The number of aromatic nitrogens is 5. The number of ether oxygens (including phenoxy) is 2. The second-order valence-electron chi connectivity index (χ2n) is 5.96. The maximum Gasteiger partial charge on any atom is 0.355 e. The molecule has 0 spiro atoms. The van der Waals surface area contributed by atoms with Crippen molar-refractivity contribution < 1.29 is 29.6 Å². The predicted molar refractivity (Wildman–Crippen MR) is 86.9 cm³/mol. The Bertz CT molecular complexity index is 1090. The molecule has 4 atom stereocenters. The lowest BCUT2D eigenvalue weighted by atomic mass is 10.1. The highest BCUT2D eigenvalue weighted by Gasteiger charge is 2.44. The van der Waals surface area contributed by atoms with Gasteiger partial charge in [-0.15, -0.1) is 0 Å². The standard InChI is InChI=1S/C15H15N5O7/c1-26-15(25)6-2-8(22)18-13-9-12(17-5-19(6)13)20(4-16-9)14-11(24)10(23)7(3-21)27-14/h2,4-5,7,10-11,14,21,23-24H,3H2,1H3/t7-,10-,11-,14-/m1/s1. The molecule has 0 bridgehead atoms. The summed E-state index contributed by atoms with van der Waals surface area (Å²) in [5, 5.41) is 29.4. The third-order valence-electron chi connectivity index (χ3n) is 4.42. The Morgan fingerprint density at radius 2 is 2.04 bits per heavy atom. The van der Waals surface area contributed by atoms with E-state index in [0.717, 1.165) is 6.07 Å². The molecule has 142 valence electrons. The number of esters is 1. The highest BCUT2D eigenvalue weighted by atomic mass is 16.6. The van der Waals surface area contributed by atoms with Gasteiger partial charge in [-0.3, -0.25) is 13.8 Å². The van der Waals surface area contributed by atoms with Crippen LogP contribution >= 0.6 is 0 Å². The minimum atomic E-state index is -1.32. The summed E-state index contributed by atoms with van der Waals surface area (Å²) in [4.78, 5) is 36.1. The summed E-state index contributed by atoms with van der Waals surface area (Å²) in [5.74, 6) is -0.742. The Morgan fingerprint density at radius 3 is 2.70 bits per heavy atom. The zero-order valence-corrected chi connectivity index (χ0v) is 14.0. The monoisotopic (exact) mass is 377 g/mol. The fourth-order valence-electron chi connectivity index (χ4n) is 3.09. The van der Waals surface area contributed by atoms with Crippen LogP contribution in [0.4, 0.5) is 0 Å². The minimum absolute atomic E-state index is 0.0654. The second-order valence-corrected chi connectivity index (χ2v) is 5.96. The van der Waals surface area contributed by atoms with E-state index < -0.39 is 42.7 Å². The van der Waals surface area contributed by atoms with E-state index in [1.165, 1.54) is 28.7 Å². The van der Waals surface area contributed by atoms with Gasteiger partial charge >= 0.3 is 5.97 Å². The zero-order valence-electron chi connectivity index (χ0n) is 14.0. The summed E-state index contributed by atoms with van der Waals surface area (Å²) in [6.07, 6.45) is -2.06. The number of hydrogen-bond acceptors (Lipinski definition) is 10. The molecule has 0 radical (unpaired) electrons. The number of methoxy groups -OCH3 is 1. The van der Waals surface area contributed by atoms with E-state index in [9.17, 15) is 24.9 Å². The highest BCUT2D eigenvalue weighted by molar-refractivity contribution is 5.91. The Morgan fingerprint density at radius 1 is 1.26 bits per heavy atom. The molecule has 3 aromatic heterocycles. The lowest BCUT2D eigenvalue weighted by Gasteiger charge is -2.16. The normalized spacial score (nSPS) is 25.3. The SMILES string of the molecule is COC(=O)c1cc(=O)nc2c3ncn([C@@H]4O[C@H](CO)[C@@H](O)[C@H]4O)c3ncn12. The molecule has 0 aromatic carbocycles. The molecular formula is C15H15N5O7. The lowest BCUT2D eigenvalue weighted by molar-refractivity contribution is -0.0511. The number of imidazole rings is 1. The first-order valence-electron chi connectivity index (χ1n) is 7.92. The van der Waals surface area contributed by atoms with Gasteiger partial charge in [0.15, 0.2) is 23.0 Å². The van der Waals surface area contributed by atoms with Crippen molar-refractivity contribution in [1.82, 2.24) is 23.9 Å². The van der Waals surface area contributed by atoms with Crippen molar-refractivity contribution >= 4 is 22.8 Å². The van der Waals surface area contributed by atoms with Gasteiger partial charge < -0.3 is 24.8 Å². The first-order chi connectivity index (χ1) is 13.0. The van der Waals surface area contributed by atoms with Crippen molar-refractivity contribution in [3.63, 3.8) is 0 Å². The van der Waals surface area contributed by atoms with E-state index in [1.54, 1.807) is 0 Å². The van der Waals surface area contributed by atoms with Crippen LogP contribution in [0.15, 0.2) is 23.5 Å².